The Kier molecular flexibility index (Phi) is 7.12. The van der Waals surface area contributed by atoms with Crippen molar-refractivity contribution in [1.29, 1.82) is 0 Å². The van der Waals surface area contributed by atoms with Gasteiger partial charge in [0.2, 0.25) is 11.7 Å². The van der Waals surface area contributed by atoms with E-state index >= 15 is 0 Å². The first-order chi connectivity index (χ1) is 13.9. The lowest BCUT2D eigenvalue weighted by Crippen LogP contribution is -2.27. The molecule has 0 heterocycles. The van der Waals surface area contributed by atoms with E-state index in [0.29, 0.717) is 5.56 Å². The van der Waals surface area contributed by atoms with Crippen molar-refractivity contribution in [2.45, 2.75) is 47.6 Å². The summed E-state index contributed by atoms with van der Waals surface area (Å²) in [6.07, 6.45) is -0.903. The van der Waals surface area contributed by atoms with Crippen molar-refractivity contribution in [2.24, 2.45) is 5.41 Å². The first-order valence-corrected chi connectivity index (χ1v) is 9.37. The van der Waals surface area contributed by atoms with E-state index in [9.17, 15) is 22.8 Å². The molecule has 162 valence electrons. The second-order valence-electron chi connectivity index (χ2n) is 8.24. The third-order valence-electron chi connectivity index (χ3n) is 4.31. The number of hydrogen-bond donors (Lipinski definition) is 2. The fraction of sp³-hybridized carbons (Fsp3) is 0.364. The number of nitrogens with one attached hydrogen (secondary N) is 2. The summed E-state index contributed by atoms with van der Waals surface area (Å²) >= 11 is 0. The minimum Gasteiger partial charge on any atom is -0.404 e. The van der Waals surface area contributed by atoms with E-state index in [-0.39, 0.29) is 41.1 Å². The molecule has 0 aliphatic rings. The maximum atomic E-state index is 14.7. The first kappa shape index (κ1) is 23.3. The lowest BCUT2D eigenvalue weighted by Gasteiger charge is -2.20. The molecule has 5 nitrogen and oxygen atoms in total. The Morgan fingerprint density at radius 3 is 2.00 bits per heavy atom. The summed E-state index contributed by atoms with van der Waals surface area (Å²) < 4.78 is 47.2. The van der Waals surface area contributed by atoms with Crippen molar-refractivity contribution < 1.29 is 27.5 Å². The Balaban J connectivity index is 2.16. The van der Waals surface area contributed by atoms with E-state index in [1.165, 1.54) is 38.1 Å². The Labute approximate surface area is 173 Å². The molecule has 0 aliphatic heterocycles. The highest BCUT2D eigenvalue weighted by atomic mass is 19.1. The minimum absolute atomic E-state index is 0.0123. The summed E-state index contributed by atoms with van der Waals surface area (Å²) in [5, 5.41) is 4.89. The molecule has 8 heteroatoms. The molecular formula is C22H25F3N2O3. The predicted octanol–water partition coefficient (Wildman–Crippen LogP) is 5.38. The SMILES string of the molecule is Cc1c(F)c(OC(=O)NCc2ccc(F)cc2)c(F)c(C)c1NC(=O)CC(C)(C)C. The number of benzene rings is 2. The molecular weight excluding hydrogens is 397 g/mol. The van der Waals surface area contributed by atoms with E-state index in [4.69, 9.17) is 4.74 Å². The van der Waals surface area contributed by atoms with Gasteiger partial charge in [0.25, 0.3) is 0 Å². The van der Waals surface area contributed by atoms with Crippen LogP contribution in [0.2, 0.25) is 0 Å². The van der Waals surface area contributed by atoms with Crippen LogP contribution in [0.15, 0.2) is 24.3 Å². The minimum atomic E-state index is -1.08. The van der Waals surface area contributed by atoms with E-state index in [0.717, 1.165) is 0 Å². The van der Waals surface area contributed by atoms with Gasteiger partial charge < -0.3 is 15.4 Å². The van der Waals surface area contributed by atoms with Crippen LogP contribution in [0.3, 0.4) is 0 Å². The van der Waals surface area contributed by atoms with Gasteiger partial charge in [-0.2, -0.15) is 0 Å². The molecule has 0 aromatic heterocycles. The zero-order valence-corrected chi connectivity index (χ0v) is 17.6. The Morgan fingerprint density at radius 2 is 1.50 bits per heavy atom. The van der Waals surface area contributed by atoms with Crippen molar-refractivity contribution in [3.8, 4) is 5.75 Å². The summed E-state index contributed by atoms with van der Waals surface area (Å²) in [7, 11) is 0. The highest BCUT2D eigenvalue weighted by Crippen LogP contribution is 2.35. The van der Waals surface area contributed by atoms with E-state index in [1.807, 2.05) is 20.8 Å². The predicted molar refractivity (Wildman–Crippen MR) is 108 cm³/mol. The molecule has 2 amide bonds. The molecule has 2 aromatic carbocycles. The summed E-state index contributed by atoms with van der Waals surface area (Å²) in [4.78, 5) is 24.2. The van der Waals surface area contributed by atoms with Crippen LogP contribution >= 0.6 is 0 Å². The highest BCUT2D eigenvalue weighted by Gasteiger charge is 2.25. The van der Waals surface area contributed by atoms with Crippen molar-refractivity contribution in [1.82, 2.24) is 5.32 Å². The third kappa shape index (κ3) is 5.98. The first-order valence-electron chi connectivity index (χ1n) is 9.37. The number of rotatable bonds is 5. The molecule has 2 rings (SSSR count). The van der Waals surface area contributed by atoms with Crippen LogP contribution in [0, 0.1) is 36.7 Å². The topological polar surface area (TPSA) is 67.4 Å². The lowest BCUT2D eigenvalue weighted by atomic mass is 9.92. The molecule has 0 atom stereocenters. The van der Waals surface area contributed by atoms with Gasteiger partial charge in [-0.15, -0.1) is 0 Å². The standard InChI is InChI=1S/C22H25F3N2O3/c1-12-17(24)20(30-21(29)26-11-14-6-8-15(23)9-7-14)18(25)13(2)19(12)27-16(28)10-22(3,4)5/h6-9H,10-11H2,1-5H3,(H,26,29)(H,27,28). The average Bonchev–Trinajstić information content (AvgIpc) is 2.65. The van der Waals surface area contributed by atoms with Crippen molar-refractivity contribution >= 4 is 17.7 Å². The number of halogens is 3. The Hall–Kier alpha value is -3.03. The number of ether oxygens (including phenoxy) is 1. The number of carbonyl (C=O) groups excluding carboxylic acids is 2. The maximum absolute atomic E-state index is 14.7. The number of amides is 2. The van der Waals surface area contributed by atoms with Gasteiger partial charge in [0.05, 0.1) is 5.69 Å². The van der Waals surface area contributed by atoms with Crippen LogP contribution in [-0.4, -0.2) is 12.0 Å². The third-order valence-corrected chi connectivity index (χ3v) is 4.31. The average molecular weight is 422 g/mol. The smallest absolute Gasteiger partial charge is 0.404 e. The summed E-state index contributed by atoms with van der Waals surface area (Å²) in [6.45, 7) is 8.32. The van der Waals surface area contributed by atoms with Gasteiger partial charge >= 0.3 is 6.09 Å². The zero-order chi connectivity index (χ0) is 22.6. The molecule has 0 fully saturated rings. The lowest BCUT2D eigenvalue weighted by molar-refractivity contribution is -0.117. The molecule has 30 heavy (non-hydrogen) atoms. The van der Waals surface area contributed by atoms with Crippen molar-refractivity contribution in [3.63, 3.8) is 0 Å². The molecule has 2 aromatic rings. The second kappa shape index (κ2) is 9.19. The summed E-state index contributed by atoms with van der Waals surface area (Å²) in [5.74, 6) is -3.82. The normalized spacial score (nSPS) is 11.2. The van der Waals surface area contributed by atoms with Gasteiger partial charge in [0.15, 0.2) is 11.6 Å². The molecule has 0 aliphatic carbocycles. The Bertz CT molecular complexity index is 923. The van der Waals surface area contributed by atoms with E-state index in [1.54, 1.807) is 0 Å². The van der Waals surface area contributed by atoms with Gasteiger partial charge in [-0.05, 0) is 37.0 Å². The molecule has 0 unspecified atom stereocenters. The van der Waals surface area contributed by atoms with Crippen LogP contribution in [0.4, 0.5) is 23.7 Å². The van der Waals surface area contributed by atoms with E-state index < -0.39 is 29.3 Å². The summed E-state index contributed by atoms with van der Waals surface area (Å²) in [5.41, 5.74) is 0.209. The largest absolute Gasteiger partial charge is 0.413 e. The molecule has 0 spiro atoms. The molecule has 0 saturated carbocycles. The fourth-order valence-electron chi connectivity index (χ4n) is 2.79. The van der Waals surface area contributed by atoms with Crippen molar-refractivity contribution in [3.05, 3.63) is 58.4 Å². The van der Waals surface area contributed by atoms with Crippen LogP contribution in [0.25, 0.3) is 0 Å². The highest BCUT2D eigenvalue weighted by molar-refractivity contribution is 5.93. The van der Waals surface area contributed by atoms with Gasteiger partial charge in [0.1, 0.15) is 5.82 Å². The van der Waals surface area contributed by atoms with Gasteiger partial charge in [0, 0.05) is 24.1 Å². The van der Waals surface area contributed by atoms with Gasteiger partial charge in [-0.1, -0.05) is 32.9 Å². The maximum Gasteiger partial charge on any atom is 0.413 e. The zero-order valence-electron chi connectivity index (χ0n) is 17.6. The number of carbonyl (C=O) groups is 2. The van der Waals surface area contributed by atoms with E-state index in [2.05, 4.69) is 10.6 Å². The van der Waals surface area contributed by atoms with Gasteiger partial charge in [-0.25, -0.2) is 18.0 Å². The van der Waals surface area contributed by atoms with Crippen LogP contribution < -0.4 is 15.4 Å². The molecule has 0 saturated heterocycles. The Morgan fingerprint density at radius 1 is 0.967 bits per heavy atom. The quantitative estimate of drug-likeness (QED) is 0.679. The van der Waals surface area contributed by atoms with Crippen LogP contribution in [0.5, 0.6) is 5.75 Å². The number of anilines is 1. The second-order valence-corrected chi connectivity index (χ2v) is 8.24. The van der Waals surface area contributed by atoms with Crippen molar-refractivity contribution in [2.75, 3.05) is 5.32 Å². The molecule has 2 N–H and O–H groups in total. The van der Waals surface area contributed by atoms with Gasteiger partial charge in [-0.3, -0.25) is 4.79 Å². The monoisotopic (exact) mass is 422 g/mol. The summed E-state index contributed by atoms with van der Waals surface area (Å²) in [6, 6.07) is 5.36. The fourth-order valence-corrected chi connectivity index (χ4v) is 2.79. The molecule has 0 radical (unpaired) electrons. The molecule has 0 bridgehead atoms. The number of hydrogen-bond acceptors (Lipinski definition) is 3. The van der Waals surface area contributed by atoms with Crippen LogP contribution in [0.1, 0.15) is 43.9 Å². The van der Waals surface area contributed by atoms with Crippen LogP contribution in [-0.2, 0) is 11.3 Å².